The maximum absolute atomic E-state index is 13.6. The van der Waals surface area contributed by atoms with Crippen molar-refractivity contribution in [1.29, 1.82) is 0 Å². The normalized spacial score (nSPS) is 19.6. The number of alkyl halides is 3. The predicted molar refractivity (Wildman–Crippen MR) is 438 cm³/mol. The monoisotopic (exact) mass is 1630 g/mol. The fourth-order valence-corrected chi connectivity index (χ4v) is 16.0. The van der Waals surface area contributed by atoms with E-state index in [9.17, 15) is 51.5 Å². The topological polar surface area (TPSA) is 327 Å². The van der Waals surface area contributed by atoms with Gasteiger partial charge in [0.15, 0.2) is 0 Å². The highest BCUT2D eigenvalue weighted by Crippen LogP contribution is 2.53. The smallest absolute Gasteiger partial charge is 0.453 e. The van der Waals surface area contributed by atoms with Gasteiger partial charge in [-0.25, -0.2) is 34.3 Å². The molecule has 1 saturated carbocycles. The fourth-order valence-electron chi connectivity index (χ4n) is 15.7. The maximum Gasteiger partial charge on any atom is 0.573 e. The number of carbonyl (C=O) groups is 8. The number of nitrogens with one attached hydrogen (secondary N) is 7. The summed E-state index contributed by atoms with van der Waals surface area (Å²) in [5.41, 5.74) is 7.79. The van der Waals surface area contributed by atoms with Crippen LogP contribution in [0.5, 0.6) is 5.75 Å². The van der Waals surface area contributed by atoms with Crippen LogP contribution in [0, 0.1) is 30.1 Å². The molecule has 8 atom stereocenters. The Labute approximate surface area is 682 Å². The lowest BCUT2D eigenvalue weighted by atomic mass is 9.98. The molecule has 13 rings (SSSR count). The minimum atomic E-state index is -5.01. The lowest BCUT2D eigenvalue weighted by molar-refractivity contribution is -0.274. The van der Waals surface area contributed by atoms with Crippen LogP contribution in [0.15, 0.2) is 128 Å². The van der Waals surface area contributed by atoms with Crippen LogP contribution < -0.4 is 41.1 Å². The Morgan fingerprint density at radius 1 is 0.573 bits per heavy atom. The lowest BCUT2D eigenvalue weighted by Crippen LogP contribution is -2.59. The second-order valence-electron chi connectivity index (χ2n) is 31.9. The van der Waals surface area contributed by atoms with Crippen molar-refractivity contribution in [2.75, 3.05) is 87.5 Å². The molecule has 5 fully saturated rings. The quantitative estimate of drug-likeness (QED) is 0.0373. The number of methoxy groups -OCH3 is 2. The summed E-state index contributed by atoms with van der Waals surface area (Å²) < 4.78 is 54.8. The fraction of sp³-hybridized carbons (Fsp3) is 0.435. The first-order valence-corrected chi connectivity index (χ1v) is 39.8. The third kappa shape index (κ3) is 19.5. The van der Waals surface area contributed by atoms with E-state index in [1.807, 2.05) is 93.8 Å². The number of hydrogen-bond acceptors (Lipinski definition) is 17. The maximum atomic E-state index is 13.6. The molecule has 8 heterocycles. The number of imidazole rings is 2. The number of aromatic nitrogens is 6. The summed E-state index contributed by atoms with van der Waals surface area (Å²) in [6.07, 6.45) is 4.03. The average molecular weight is 1630 g/mol. The summed E-state index contributed by atoms with van der Waals surface area (Å²) in [5, 5.41) is 14.0. The zero-order chi connectivity index (χ0) is 84.1. The van der Waals surface area contributed by atoms with Crippen LogP contribution in [0.3, 0.4) is 0 Å². The Bertz CT molecular complexity index is 4950. The molecule has 4 aliphatic heterocycles. The number of pyridine rings is 2. The van der Waals surface area contributed by atoms with Crippen molar-refractivity contribution in [1.82, 2.24) is 65.5 Å². The van der Waals surface area contributed by atoms with Crippen molar-refractivity contribution in [3.63, 3.8) is 0 Å². The number of H-pyrrole nitrogens is 2. The van der Waals surface area contributed by atoms with Crippen molar-refractivity contribution in [3.05, 3.63) is 161 Å². The Hall–Kier alpha value is -11.8. The van der Waals surface area contributed by atoms with E-state index in [0.717, 1.165) is 65.5 Å². The molecule has 1 aliphatic carbocycles. The molecule has 5 aliphatic rings. The van der Waals surface area contributed by atoms with Crippen LogP contribution >= 0.6 is 11.6 Å². The average Bonchev–Trinajstić information content (AvgIpc) is 1.61. The van der Waals surface area contributed by atoms with Gasteiger partial charge < -0.3 is 80.2 Å². The highest BCUT2D eigenvalue weighted by molar-refractivity contribution is 6.34. The van der Waals surface area contributed by atoms with Crippen LogP contribution in [0.25, 0.3) is 44.8 Å². The SMILES string of the molecule is CNC(=O)N1CCN(c2ccc(C(=O)Nc3ccc(-c4ccc(-c5cnc([C@@H]6CCCN6C(=O)[C@@H](NC(=O)OC)C(C)C)[nH]5)cc4)c(OC(F)(F)F)c3)cn2)[C@H](C)C1.COC(=O)N[C@H](C(=O)N1CCC[C@H]1c1ncc(-c2ccc(-c3cc(Cl)c(NC(=O)c4ccc(N5C[C@H](C)N(C(=O)[C@H]6CC6(C)C)C[C@H]5C)nc4)cc3C)cc2)[nH]1)C(C)C. The Balaban J connectivity index is 0.000000215. The van der Waals surface area contributed by atoms with Crippen molar-refractivity contribution in [2.45, 2.75) is 150 Å². The van der Waals surface area contributed by atoms with Gasteiger partial charge in [0, 0.05) is 107 Å². The van der Waals surface area contributed by atoms with E-state index in [-0.39, 0.29) is 99.9 Å². The van der Waals surface area contributed by atoms with E-state index in [4.69, 9.17) is 21.1 Å². The number of amides is 9. The number of rotatable bonds is 20. The molecule has 0 radical (unpaired) electrons. The van der Waals surface area contributed by atoms with E-state index in [0.29, 0.717) is 103 Å². The highest BCUT2D eigenvalue weighted by atomic mass is 35.5. The number of ether oxygens (including phenoxy) is 3. The van der Waals surface area contributed by atoms with E-state index in [1.54, 1.807) is 82.8 Å². The highest BCUT2D eigenvalue weighted by Gasteiger charge is 2.53. The van der Waals surface area contributed by atoms with Crippen molar-refractivity contribution < 1.29 is 65.7 Å². The largest absolute Gasteiger partial charge is 0.573 e. The number of piperazine rings is 2. The van der Waals surface area contributed by atoms with Crippen LogP contribution in [0.1, 0.15) is 144 Å². The molecule has 28 nitrogen and oxygen atoms in total. The molecule has 0 spiro atoms. The van der Waals surface area contributed by atoms with Gasteiger partial charge in [0.05, 0.1) is 71.9 Å². The number of halogens is 4. The van der Waals surface area contributed by atoms with E-state index in [2.05, 4.69) is 93.8 Å². The molecule has 7 N–H and O–H groups in total. The molecule has 4 aromatic heterocycles. The molecular weight excluding hydrogens is 1530 g/mol. The Morgan fingerprint density at radius 3 is 1.54 bits per heavy atom. The van der Waals surface area contributed by atoms with Gasteiger partial charge in [-0.3, -0.25) is 24.0 Å². The molecule has 9 amide bonds. The molecule has 32 heteroatoms. The molecule has 4 aromatic carbocycles. The molecule has 117 heavy (non-hydrogen) atoms. The first kappa shape index (κ1) is 84.6. The number of anilines is 4. The van der Waals surface area contributed by atoms with Gasteiger partial charge in [-0.05, 0) is 159 Å². The summed E-state index contributed by atoms with van der Waals surface area (Å²) in [6, 6.07) is 27.4. The number of aryl methyl sites for hydroxylation is 1. The summed E-state index contributed by atoms with van der Waals surface area (Å²) >= 11 is 6.77. The van der Waals surface area contributed by atoms with Crippen LogP contribution in [0.4, 0.5) is 50.6 Å². The summed E-state index contributed by atoms with van der Waals surface area (Å²) in [6.45, 7) is 23.9. The number of carbonyl (C=O) groups excluding carboxylic acids is 8. The van der Waals surface area contributed by atoms with Crippen LogP contribution in [-0.2, 0) is 23.9 Å². The van der Waals surface area contributed by atoms with E-state index >= 15 is 0 Å². The van der Waals surface area contributed by atoms with Gasteiger partial charge in [0.2, 0.25) is 17.7 Å². The molecular formula is C85H101ClF3N17O11. The molecule has 0 unspecified atom stereocenters. The number of likely N-dealkylation sites (tertiary alicyclic amines) is 2. The number of alkyl carbamates (subject to hydrolysis) is 2. The van der Waals surface area contributed by atoms with E-state index < -0.39 is 42.3 Å². The number of aromatic amines is 2. The van der Waals surface area contributed by atoms with Gasteiger partial charge >= 0.3 is 24.6 Å². The van der Waals surface area contributed by atoms with Gasteiger partial charge in [0.25, 0.3) is 11.8 Å². The number of hydrogen-bond donors (Lipinski definition) is 7. The van der Waals surface area contributed by atoms with Crippen LogP contribution in [0.2, 0.25) is 5.02 Å². The first-order chi connectivity index (χ1) is 55.7. The minimum Gasteiger partial charge on any atom is -0.453 e. The van der Waals surface area contributed by atoms with Gasteiger partial charge in [-0.15, -0.1) is 13.2 Å². The second-order valence-corrected chi connectivity index (χ2v) is 32.3. The number of nitrogens with zero attached hydrogens (tertiary/aromatic N) is 10. The summed E-state index contributed by atoms with van der Waals surface area (Å²) in [4.78, 5) is 139. The molecule has 8 aromatic rings. The third-order valence-electron chi connectivity index (χ3n) is 22.5. The van der Waals surface area contributed by atoms with Crippen molar-refractivity contribution in [2.24, 2.45) is 23.2 Å². The first-order valence-electron chi connectivity index (χ1n) is 39.4. The van der Waals surface area contributed by atoms with Crippen molar-refractivity contribution >= 4 is 82.4 Å². The van der Waals surface area contributed by atoms with Crippen molar-refractivity contribution in [3.8, 4) is 50.5 Å². The number of benzene rings is 4. The zero-order valence-corrected chi connectivity index (χ0v) is 68.6. The Kier molecular flexibility index (Phi) is 25.9. The molecule has 620 valence electrons. The van der Waals surface area contributed by atoms with Crippen LogP contribution in [-0.4, -0.2) is 201 Å². The minimum absolute atomic E-state index is 0.0205. The molecule has 4 saturated heterocycles. The number of urea groups is 1. The third-order valence-corrected chi connectivity index (χ3v) is 22.8. The Morgan fingerprint density at radius 2 is 1.07 bits per heavy atom. The van der Waals surface area contributed by atoms with Gasteiger partial charge in [-0.2, -0.15) is 0 Å². The van der Waals surface area contributed by atoms with Gasteiger partial charge in [-0.1, -0.05) is 102 Å². The molecule has 0 bridgehead atoms. The van der Waals surface area contributed by atoms with Gasteiger partial charge in [0.1, 0.15) is 41.1 Å². The predicted octanol–water partition coefficient (Wildman–Crippen LogP) is 14.1. The summed E-state index contributed by atoms with van der Waals surface area (Å²) in [5.74, 6) is 0.962. The standard InChI is InChI=1S/C45H55ClN8O5.C40H46F3N9O6/c1-25(2)39(51-44(58)59-8)43(57)52-17-9-10-37(52)40-48-22-36(49-40)30-13-11-29(12-14-30)32-19-34(46)35(18-26(32)3)50-41(55)31-15-16-38(47-21-31)53-23-28(5)54(24-27(53)4)42(56)33-20-45(33,6)7;1-23(2)34(49-39(56)57-5)37(54)52-16-6-7-31(52)35-46-21-30(48-35)26-10-8-25(9-11-26)29-14-13-28(19-32(29)58-40(41,42)43)47-36(53)27-12-15-33(45-20-27)51-18-17-50(22-24(51)3)38(55)44-4/h11-16,18-19,21-22,25,27-28,33,37,39H,9-10,17,20,23-24H2,1-8H3,(H,48,49)(H,50,55)(H,51,58);8-15,19-21,23-24,31,34H,6-7,16-18,22H2,1-5H3,(H,44,55)(H,46,48)(H,47,53)(H,49,56)/t27-,28+,33-,37+,39+;24-,31+,34+/m11/s1. The lowest BCUT2D eigenvalue weighted by Gasteiger charge is -2.45. The second kappa shape index (κ2) is 35.8. The van der Waals surface area contributed by atoms with E-state index in [1.165, 1.54) is 32.5 Å². The zero-order valence-electron chi connectivity index (χ0n) is 67.9. The summed E-state index contributed by atoms with van der Waals surface area (Å²) in [7, 11) is 4.10.